The molecule has 0 radical (unpaired) electrons. The van der Waals surface area contributed by atoms with Crippen LogP contribution in [0.2, 0.25) is 0 Å². The van der Waals surface area contributed by atoms with Crippen LogP contribution in [-0.2, 0) is 22.9 Å². The van der Waals surface area contributed by atoms with Crippen molar-refractivity contribution in [2.45, 2.75) is 45.4 Å². The number of hydrogen-bond donors (Lipinski definition) is 2. The van der Waals surface area contributed by atoms with Gasteiger partial charge in [-0.25, -0.2) is 8.42 Å². The average molecular weight is 437 g/mol. The zero-order valence-electron chi connectivity index (χ0n) is 18.3. The molecule has 0 unspecified atom stereocenters. The lowest BCUT2D eigenvalue weighted by Gasteiger charge is -2.17. The first kappa shape index (κ1) is 22.6. The zero-order valence-corrected chi connectivity index (χ0v) is 19.1. The maximum atomic E-state index is 13.1. The van der Waals surface area contributed by atoms with Gasteiger partial charge in [0, 0.05) is 11.3 Å². The van der Waals surface area contributed by atoms with Crippen molar-refractivity contribution in [1.82, 2.24) is 0 Å². The quantitative estimate of drug-likeness (QED) is 0.515. The molecule has 2 N–H and O–H groups in total. The van der Waals surface area contributed by atoms with Gasteiger partial charge in [-0.05, 0) is 67.6 Å². The van der Waals surface area contributed by atoms with E-state index in [1.807, 2.05) is 25.1 Å². The topological polar surface area (TPSA) is 75.3 Å². The minimum atomic E-state index is -3.76. The van der Waals surface area contributed by atoms with Crippen LogP contribution in [0.3, 0.4) is 0 Å². The molecule has 0 aromatic heterocycles. The number of aryl methyl sites for hydroxylation is 3. The molecular formula is C25H28N2O3S. The molecule has 0 aliphatic heterocycles. The smallest absolute Gasteiger partial charge is 0.261 e. The summed E-state index contributed by atoms with van der Waals surface area (Å²) in [5, 5.41) is 3.05. The van der Waals surface area contributed by atoms with Gasteiger partial charge in [0.2, 0.25) is 0 Å². The first-order valence-electron chi connectivity index (χ1n) is 10.4. The van der Waals surface area contributed by atoms with E-state index in [0.29, 0.717) is 16.8 Å². The number of carbonyl (C=O) groups excluding carboxylic acids is 1. The molecule has 0 fully saturated rings. The van der Waals surface area contributed by atoms with E-state index < -0.39 is 10.0 Å². The molecule has 162 valence electrons. The van der Waals surface area contributed by atoms with Gasteiger partial charge in [-0.1, -0.05) is 55.8 Å². The summed E-state index contributed by atoms with van der Waals surface area (Å²) in [7, 11) is -3.76. The summed E-state index contributed by atoms with van der Waals surface area (Å²) in [6.07, 6.45) is 1.61. The Morgan fingerprint density at radius 2 is 1.42 bits per heavy atom. The third-order valence-electron chi connectivity index (χ3n) is 5.39. The second-order valence-electron chi connectivity index (χ2n) is 7.51. The van der Waals surface area contributed by atoms with Crippen LogP contribution in [0.5, 0.6) is 0 Å². The number of benzene rings is 3. The van der Waals surface area contributed by atoms with Crippen LogP contribution in [0.4, 0.5) is 11.4 Å². The summed E-state index contributed by atoms with van der Waals surface area (Å²) in [5.41, 5.74) is 5.34. The standard InChI is InChI=1S/C25H28N2O3S/c1-5-19-9-7-10-20(6-2)24(19)26-25(28)22-11-8-12-23(18(22)4)27-31(29,30)21-15-13-17(3)14-16-21/h7-16,27H,5-6H2,1-4H3,(H,26,28). The molecule has 3 aromatic carbocycles. The molecule has 0 spiro atoms. The van der Waals surface area contributed by atoms with E-state index in [9.17, 15) is 13.2 Å². The second kappa shape index (κ2) is 9.35. The Morgan fingerprint density at radius 3 is 2.00 bits per heavy atom. The number of anilines is 2. The van der Waals surface area contributed by atoms with Crippen LogP contribution in [0.25, 0.3) is 0 Å². The van der Waals surface area contributed by atoms with Gasteiger partial charge in [0.25, 0.3) is 15.9 Å². The number of para-hydroxylation sites is 1. The van der Waals surface area contributed by atoms with E-state index in [-0.39, 0.29) is 10.8 Å². The molecule has 0 bridgehead atoms. The van der Waals surface area contributed by atoms with Gasteiger partial charge >= 0.3 is 0 Å². The van der Waals surface area contributed by atoms with Gasteiger partial charge in [0.15, 0.2) is 0 Å². The normalized spacial score (nSPS) is 11.2. The summed E-state index contributed by atoms with van der Waals surface area (Å²) in [5.74, 6) is -0.260. The Labute approximate surface area is 184 Å². The van der Waals surface area contributed by atoms with Crippen LogP contribution < -0.4 is 10.0 Å². The molecule has 0 heterocycles. The van der Waals surface area contributed by atoms with Gasteiger partial charge in [-0.3, -0.25) is 9.52 Å². The van der Waals surface area contributed by atoms with Crippen molar-refractivity contribution >= 4 is 27.3 Å². The van der Waals surface area contributed by atoms with E-state index in [4.69, 9.17) is 0 Å². The Kier molecular flexibility index (Phi) is 6.81. The van der Waals surface area contributed by atoms with E-state index in [2.05, 4.69) is 23.9 Å². The van der Waals surface area contributed by atoms with Crippen molar-refractivity contribution in [1.29, 1.82) is 0 Å². The molecule has 0 aliphatic rings. The maximum absolute atomic E-state index is 13.1. The number of carbonyl (C=O) groups is 1. The third kappa shape index (κ3) is 4.97. The maximum Gasteiger partial charge on any atom is 0.261 e. The average Bonchev–Trinajstić information content (AvgIpc) is 2.75. The largest absolute Gasteiger partial charge is 0.321 e. The van der Waals surface area contributed by atoms with Crippen molar-refractivity contribution in [2.75, 3.05) is 10.0 Å². The zero-order chi connectivity index (χ0) is 22.6. The van der Waals surface area contributed by atoms with Gasteiger partial charge in [0.1, 0.15) is 0 Å². The van der Waals surface area contributed by atoms with E-state index in [1.54, 1.807) is 49.4 Å². The molecule has 0 saturated carbocycles. The Bertz CT molecular complexity index is 1180. The number of sulfonamides is 1. The van der Waals surface area contributed by atoms with E-state index in [1.165, 1.54) is 0 Å². The van der Waals surface area contributed by atoms with Crippen LogP contribution in [0.1, 0.15) is 46.5 Å². The molecule has 6 heteroatoms. The van der Waals surface area contributed by atoms with Gasteiger partial charge in [0.05, 0.1) is 10.6 Å². The SMILES string of the molecule is CCc1cccc(CC)c1NC(=O)c1cccc(NS(=O)(=O)c2ccc(C)cc2)c1C. The lowest BCUT2D eigenvalue weighted by molar-refractivity contribution is 0.102. The van der Waals surface area contributed by atoms with Crippen molar-refractivity contribution in [3.63, 3.8) is 0 Å². The second-order valence-corrected chi connectivity index (χ2v) is 9.19. The van der Waals surface area contributed by atoms with E-state index in [0.717, 1.165) is 35.2 Å². The molecule has 5 nitrogen and oxygen atoms in total. The fraction of sp³-hybridized carbons (Fsp3) is 0.240. The Morgan fingerprint density at radius 1 is 0.839 bits per heavy atom. The van der Waals surface area contributed by atoms with Crippen LogP contribution in [0.15, 0.2) is 65.6 Å². The molecule has 0 saturated heterocycles. The fourth-order valence-corrected chi connectivity index (χ4v) is 4.62. The molecular weight excluding hydrogens is 408 g/mol. The summed E-state index contributed by atoms with van der Waals surface area (Å²) in [6.45, 7) is 7.75. The molecule has 31 heavy (non-hydrogen) atoms. The van der Waals surface area contributed by atoms with Gasteiger partial charge in [-0.2, -0.15) is 0 Å². The van der Waals surface area contributed by atoms with Gasteiger partial charge < -0.3 is 5.32 Å². The number of amides is 1. The monoisotopic (exact) mass is 436 g/mol. The minimum Gasteiger partial charge on any atom is -0.321 e. The molecule has 0 aliphatic carbocycles. The Balaban J connectivity index is 1.91. The predicted octanol–water partition coefficient (Wildman–Crippen LogP) is 5.48. The fourth-order valence-electron chi connectivity index (χ4n) is 3.50. The summed E-state index contributed by atoms with van der Waals surface area (Å²) in [4.78, 5) is 13.3. The van der Waals surface area contributed by atoms with Crippen molar-refractivity contribution < 1.29 is 13.2 Å². The first-order valence-corrected chi connectivity index (χ1v) is 11.9. The van der Waals surface area contributed by atoms with Gasteiger partial charge in [-0.15, -0.1) is 0 Å². The molecule has 3 rings (SSSR count). The third-order valence-corrected chi connectivity index (χ3v) is 6.77. The number of rotatable bonds is 7. The van der Waals surface area contributed by atoms with Crippen LogP contribution >= 0.6 is 0 Å². The predicted molar refractivity (Wildman–Crippen MR) is 126 cm³/mol. The summed E-state index contributed by atoms with van der Waals surface area (Å²) in [6, 6.07) is 17.7. The highest BCUT2D eigenvalue weighted by molar-refractivity contribution is 7.92. The minimum absolute atomic E-state index is 0.178. The van der Waals surface area contributed by atoms with Crippen LogP contribution in [0, 0.1) is 13.8 Å². The molecule has 0 atom stereocenters. The number of nitrogens with one attached hydrogen (secondary N) is 2. The highest BCUT2D eigenvalue weighted by Gasteiger charge is 2.19. The van der Waals surface area contributed by atoms with Crippen molar-refractivity contribution in [2.24, 2.45) is 0 Å². The Hall–Kier alpha value is -3.12. The molecule has 1 amide bonds. The highest BCUT2D eigenvalue weighted by Crippen LogP contribution is 2.26. The summed E-state index contributed by atoms with van der Waals surface area (Å²) >= 11 is 0. The summed E-state index contributed by atoms with van der Waals surface area (Å²) < 4.78 is 28.2. The lowest BCUT2D eigenvalue weighted by atomic mass is 10.0. The van der Waals surface area contributed by atoms with E-state index >= 15 is 0 Å². The molecule has 3 aromatic rings. The first-order chi connectivity index (χ1) is 14.8. The number of hydrogen-bond acceptors (Lipinski definition) is 3. The lowest BCUT2D eigenvalue weighted by Crippen LogP contribution is -2.18. The van der Waals surface area contributed by atoms with Crippen molar-refractivity contribution in [3.8, 4) is 0 Å². The van der Waals surface area contributed by atoms with Crippen LogP contribution in [-0.4, -0.2) is 14.3 Å². The highest BCUT2D eigenvalue weighted by atomic mass is 32.2. The van der Waals surface area contributed by atoms with Crippen molar-refractivity contribution in [3.05, 3.63) is 88.5 Å².